The van der Waals surface area contributed by atoms with E-state index in [1.54, 1.807) is 4.90 Å². The number of amides is 3. The van der Waals surface area contributed by atoms with Crippen LogP contribution in [-0.4, -0.2) is 64.0 Å². The van der Waals surface area contributed by atoms with Crippen molar-refractivity contribution in [1.29, 1.82) is 0 Å². The van der Waals surface area contributed by atoms with E-state index < -0.39 is 11.5 Å². The highest BCUT2D eigenvalue weighted by Gasteiger charge is 2.50. The lowest BCUT2D eigenvalue weighted by Gasteiger charge is -2.36. The zero-order valence-corrected chi connectivity index (χ0v) is 12.6. The molecular weight excluding hydrogens is 274 g/mol. The number of carboxylic acids is 1. The average Bonchev–Trinajstić information content (AvgIpc) is 3.03. The van der Waals surface area contributed by atoms with Gasteiger partial charge in [0.15, 0.2) is 0 Å². The van der Waals surface area contributed by atoms with Crippen molar-refractivity contribution in [2.75, 3.05) is 19.6 Å². The van der Waals surface area contributed by atoms with E-state index in [0.29, 0.717) is 38.9 Å². The zero-order chi connectivity index (χ0) is 15.6. The molecule has 2 atom stereocenters. The molecule has 2 aliphatic heterocycles. The summed E-state index contributed by atoms with van der Waals surface area (Å²) in [4.78, 5) is 38.5. The van der Waals surface area contributed by atoms with Crippen LogP contribution in [0.1, 0.15) is 39.5 Å². The minimum Gasteiger partial charge on any atom is -0.479 e. The maximum atomic E-state index is 12.6. The smallest absolute Gasteiger partial charge is 0.329 e. The molecule has 7 nitrogen and oxygen atoms in total. The topological polar surface area (TPSA) is 89.9 Å². The van der Waals surface area contributed by atoms with Crippen LogP contribution in [0.3, 0.4) is 0 Å². The second kappa shape index (κ2) is 5.91. The molecule has 2 rings (SSSR count). The molecule has 2 N–H and O–H groups in total. The molecule has 0 aliphatic carbocycles. The summed E-state index contributed by atoms with van der Waals surface area (Å²) in [6.07, 6.45) is 2.35. The Morgan fingerprint density at radius 3 is 2.62 bits per heavy atom. The van der Waals surface area contributed by atoms with E-state index in [1.807, 2.05) is 6.92 Å². The van der Waals surface area contributed by atoms with Crippen LogP contribution in [0.25, 0.3) is 0 Å². The monoisotopic (exact) mass is 297 g/mol. The first-order valence-electron chi connectivity index (χ1n) is 7.47. The lowest BCUT2D eigenvalue weighted by atomic mass is 9.93. The van der Waals surface area contributed by atoms with Crippen molar-refractivity contribution in [3.8, 4) is 0 Å². The van der Waals surface area contributed by atoms with Gasteiger partial charge in [-0.2, -0.15) is 0 Å². The van der Waals surface area contributed by atoms with Crippen molar-refractivity contribution >= 4 is 17.9 Å². The molecule has 118 valence electrons. The molecule has 2 aliphatic rings. The second-order valence-corrected chi connectivity index (χ2v) is 5.86. The minimum atomic E-state index is -1.07. The third-order valence-electron chi connectivity index (χ3n) is 4.57. The quantitative estimate of drug-likeness (QED) is 0.800. The van der Waals surface area contributed by atoms with Gasteiger partial charge in [-0.05, 0) is 25.7 Å². The van der Waals surface area contributed by atoms with Gasteiger partial charge in [0.05, 0.1) is 0 Å². The number of likely N-dealkylation sites (tertiary alicyclic amines) is 2. The highest BCUT2D eigenvalue weighted by atomic mass is 16.4. The van der Waals surface area contributed by atoms with Crippen LogP contribution in [0.5, 0.6) is 0 Å². The summed E-state index contributed by atoms with van der Waals surface area (Å²) in [5.41, 5.74) is -1.07. The Labute approximate surface area is 124 Å². The summed E-state index contributed by atoms with van der Waals surface area (Å²) in [5, 5.41) is 12.3. The number of nitrogens with one attached hydrogen (secondary N) is 1. The first-order valence-corrected chi connectivity index (χ1v) is 7.47. The van der Waals surface area contributed by atoms with Crippen molar-refractivity contribution in [2.45, 2.75) is 51.1 Å². The number of hydrogen-bond acceptors (Lipinski definition) is 3. The van der Waals surface area contributed by atoms with Gasteiger partial charge in [0.1, 0.15) is 5.54 Å². The molecule has 2 fully saturated rings. The Kier molecular flexibility index (Phi) is 4.39. The Morgan fingerprint density at radius 1 is 1.33 bits per heavy atom. The largest absolute Gasteiger partial charge is 0.479 e. The number of nitrogens with zero attached hydrogens (tertiary/aromatic N) is 2. The summed E-state index contributed by atoms with van der Waals surface area (Å²) < 4.78 is 0. The maximum absolute atomic E-state index is 12.6. The molecule has 0 aromatic heterocycles. The Morgan fingerprint density at radius 2 is 2.05 bits per heavy atom. The number of carbonyl (C=O) groups excluding carboxylic acids is 2. The van der Waals surface area contributed by atoms with E-state index in [0.717, 1.165) is 6.42 Å². The lowest BCUT2D eigenvalue weighted by Crippen LogP contribution is -2.56. The SMILES string of the molecule is CCC1(C(=O)O)CCCN1C(=O)N1CCC(NC(C)=O)C1. The van der Waals surface area contributed by atoms with E-state index in [-0.39, 0.29) is 18.0 Å². The van der Waals surface area contributed by atoms with Crippen LogP contribution in [0.4, 0.5) is 4.79 Å². The van der Waals surface area contributed by atoms with E-state index in [2.05, 4.69) is 5.32 Å². The molecule has 2 heterocycles. The molecule has 0 aromatic carbocycles. The van der Waals surface area contributed by atoms with Crippen LogP contribution in [-0.2, 0) is 9.59 Å². The van der Waals surface area contributed by atoms with Crippen molar-refractivity contribution in [3.05, 3.63) is 0 Å². The number of carbonyl (C=O) groups is 3. The third kappa shape index (κ3) is 2.82. The molecule has 3 amide bonds. The van der Waals surface area contributed by atoms with Gasteiger partial charge >= 0.3 is 12.0 Å². The van der Waals surface area contributed by atoms with Gasteiger partial charge in [0.2, 0.25) is 5.91 Å². The summed E-state index contributed by atoms with van der Waals surface area (Å²) in [7, 11) is 0. The second-order valence-electron chi connectivity index (χ2n) is 5.86. The van der Waals surface area contributed by atoms with Crippen molar-refractivity contribution < 1.29 is 19.5 Å². The number of urea groups is 1. The summed E-state index contributed by atoms with van der Waals surface area (Å²) in [5.74, 6) is -1.03. The third-order valence-corrected chi connectivity index (χ3v) is 4.57. The molecule has 2 unspecified atom stereocenters. The number of hydrogen-bond donors (Lipinski definition) is 2. The van der Waals surface area contributed by atoms with Gasteiger partial charge in [-0.25, -0.2) is 9.59 Å². The first-order chi connectivity index (χ1) is 9.90. The van der Waals surface area contributed by atoms with Crippen LogP contribution in [0.2, 0.25) is 0 Å². The van der Waals surface area contributed by atoms with E-state index >= 15 is 0 Å². The molecule has 2 saturated heterocycles. The average molecular weight is 297 g/mol. The van der Waals surface area contributed by atoms with Gasteiger partial charge in [0.25, 0.3) is 0 Å². The van der Waals surface area contributed by atoms with Crippen LogP contribution in [0.15, 0.2) is 0 Å². The van der Waals surface area contributed by atoms with Gasteiger partial charge in [-0.1, -0.05) is 6.92 Å². The molecule has 21 heavy (non-hydrogen) atoms. The van der Waals surface area contributed by atoms with Crippen LogP contribution >= 0.6 is 0 Å². The van der Waals surface area contributed by atoms with Crippen molar-refractivity contribution in [1.82, 2.24) is 15.1 Å². The molecule has 0 spiro atoms. The van der Waals surface area contributed by atoms with Gasteiger partial charge in [-0.15, -0.1) is 0 Å². The number of aliphatic carboxylic acids is 1. The fourth-order valence-corrected chi connectivity index (χ4v) is 3.41. The maximum Gasteiger partial charge on any atom is 0.329 e. The van der Waals surface area contributed by atoms with E-state index in [1.165, 1.54) is 11.8 Å². The lowest BCUT2D eigenvalue weighted by molar-refractivity contribution is -0.148. The fraction of sp³-hybridized carbons (Fsp3) is 0.786. The number of carboxylic acid groups (broad SMARTS) is 1. The standard InChI is InChI=1S/C14H23N3O4/c1-3-14(12(19)20)6-4-7-17(14)13(21)16-8-5-11(9-16)15-10(2)18/h11H,3-9H2,1-2H3,(H,15,18)(H,19,20). The summed E-state index contributed by atoms with van der Waals surface area (Å²) in [6.45, 7) is 4.76. The first kappa shape index (κ1) is 15.6. The molecule has 0 bridgehead atoms. The number of rotatable bonds is 3. The minimum absolute atomic E-state index is 0.0325. The predicted octanol–water partition coefficient (Wildman–Crippen LogP) is 0.646. The van der Waals surface area contributed by atoms with Gasteiger partial charge in [0, 0.05) is 32.6 Å². The Balaban J connectivity index is 2.06. The van der Waals surface area contributed by atoms with E-state index in [9.17, 15) is 19.5 Å². The highest BCUT2D eigenvalue weighted by molar-refractivity contribution is 5.87. The molecule has 0 saturated carbocycles. The molecular formula is C14H23N3O4. The van der Waals surface area contributed by atoms with Crippen molar-refractivity contribution in [3.63, 3.8) is 0 Å². The van der Waals surface area contributed by atoms with Gasteiger partial charge in [-0.3, -0.25) is 4.79 Å². The molecule has 0 aromatic rings. The highest BCUT2D eigenvalue weighted by Crippen LogP contribution is 2.34. The zero-order valence-electron chi connectivity index (χ0n) is 12.6. The molecule has 0 radical (unpaired) electrons. The predicted molar refractivity (Wildman–Crippen MR) is 75.8 cm³/mol. The van der Waals surface area contributed by atoms with Gasteiger partial charge < -0.3 is 20.2 Å². The fourth-order valence-electron chi connectivity index (χ4n) is 3.41. The van der Waals surface area contributed by atoms with Crippen molar-refractivity contribution in [2.24, 2.45) is 0 Å². The summed E-state index contributed by atoms with van der Waals surface area (Å²) >= 11 is 0. The Hall–Kier alpha value is -1.79. The van der Waals surface area contributed by atoms with Crippen LogP contribution in [0, 0.1) is 0 Å². The Bertz CT molecular complexity index is 454. The summed E-state index contributed by atoms with van der Waals surface area (Å²) in [6, 6.07) is -0.250. The molecule has 7 heteroatoms. The van der Waals surface area contributed by atoms with Crippen LogP contribution < -0.4 is 5.32 Å². The normalized spacial score (nSPS) is 28.8. The van der Waals surface area contributed by atoms with E-state index in [4.69, 9.17) is 0 Å².